The first-order chi connectivity index (χ1) is 11.7. The summed E-state index contributed by atoms with van der Waals surface area (Å²) in [5.74, 6) is 1.66. The van der Waals surface area contributed by atoms with Gasteiger partial charge in [-0.3, -0.25) is 9.67 Å². The van der Waals surface area contributed by atoms with Crippen molar-refractivity contribution in [2.75, 3.05) is 25.0 Å². The van der Waals surface area contributed by atoms with Crippen molar-refractivity contribution in [2.24, 2.45) is 12.0 Å². The van der Waals surface area contributed by atoms with E-state index in [4.69, 9.17) is 0 Å². The third-order valence-electron chi connectivity index (χ3n) is 4.16. The van der Waals surface area contributed by atoms with Gasteiger partial charge in [-0.1, -0.05) is 12.1 Å². The molecule has 1 atom stereocenters. The van der Waals surface area contributed by atoms with Crippen molar-refractivity contribution < 1.29 is 0 Å². The molecule has 0 bridgehead atoms. The van der Waals surface area contributed by atoms with Gasteiger partial charge in [-0.2, -0.15) is 5.10 Å². The Kier molecular flexibility index (Phi) is 5.34. The molecule has 2 N–H and O–H groups in total. The van der Waals surface area contributed by atoms with E-state index in [2.05, 4.69) is 64.7 Å². The second-order valence-electron chi connectivity index (χ2n) is 5.75. The van der Waals surface area contributed by atoms with Gasteiger partial charge in [-0.25, -0.2) is 4.98 Å². The van der Waals surface area contributed by atoms with E-state index in [1.165, 1.54) is 5.69 Å². The molecule has 1 aliphatic heterocycles. The molecular formula is C16H22BrN7. The first-order valence-electron chi connectivity index (χ1n) is 7.97. The maximum absolute atomic E-state index is 4.31. The fourth-order valence-electron chi connectivity index (χ4n) is 2.84. The van der Waals surface area contributed by atoms with Gasteiger partial charge in [-0.05, 0) is 34.5 Å². The van der Waals surface area contributed by atoms with Crippen LogP contribution in [-0.4, -0.2) is 46.9 Å². The van der Waals surface area contributed by atoms with E-state index in [0.717, 1.165) is 35.8 Å². The van der Waals surface area contributed by atoms with Gasteiger partial charge in [0.05, 0.1) is 12.2 Å². The number of hydrogen-bond donors (Lipinski definition) is 2. The number of rotatable bonds is 4. The van der Waals surface area contributed by atoms with Gasteiger partial charge in [0.15, 0.2) is 5.96 Å². The van der Waals surface area contributed by atoms with Crippen molar-refractivity contribution in [3.63, 3.8) is 0 Å². The number of hydrogen-bond acceptors (Lipinski definition) is 4. The monoisotopic (exact) mass is 391 g/mol. The van der Waals surface area contributed by atoms with Crippen LogP contribution in [0.3, 0.4) is 0 Å². The van der Waals surface area contributed by atoms with Crippen LogP contribution >= 0.6 is 15.9 Å². The highest BCUT2D eigenvalue weighted by Crippen LogP contribution is 2.28. The lowest BCUT2D eigenvalue weighted by atomic mass is 10.3. The minimum atomic E-state index is 0.364. The van der Waals surface area contributed by atoms with Gasteiger partial charge in [0.25, 0.3) is 0 Å². The van der Waals surface area contributed by atoms with Crippen LogP contribution in [0, 0.1) is 0 Å². The third-order valence-corrected chi connectivity index (χ3v) is 4.84. The molecule has 128 valence electrons. The maximum atomic E-state index is 4.31. The Bertz CT molecular complexity index is 712. The van der Waals surface area contributed by atoms with Gasteiger partial charge in [0, 0.05) is 37.7 Å². The van der Waals surface area contributed by atoms with Gasteiger partial charge in [-0.15, -0.1) is 0 Å². The van der Waals surface area contributed by atoms with E-state index in [1.807, 2.05) is 13.1 Å². The average Bonchev–Trinajstić information content (AvgIpc) is 3.21. The standard InChI is InChI=1S/C16H22BrN7/c1-18-16(19-9-15-20-11-21-23(15)2)22-12-7-8-24(10-12)14-6-4-3-5-13(14)17/h3-6,11-12H,7-10H2,1-2H3,(H2,18,19,22). The molecule has 0 spiro atoms. The Morgan fingerprint density at radius 1 is 1.42 bits per heavy atom. The summed E-state index contributed by atoms with van der Waals surface area (Å²) in [5, 5.41) is 10.9. The number of para-hydroxylation sites is 1. The van der Waals surface area contributed by atoms with Gasteiger partial charge in [0.1, 0.15) is 12.2 Å². The number of aromatic nitrogens is 3. The molecule has 0 saturated carbocycles. The van der Waals surface area contributed by atoms with Crippen LogP contribution < -0.4 is 15.5 Å². The molecule has 24 heavy (non-hydrogen) atoms. The van der Waals surface area contributed by atoms with E-state index < -0.39 is 0 Å². The lowest BCUT2D eigenvalue weighted by Gasteiger charge is -2.21. The van der Waals surface area contributed by atoms with Crippen molar-refractivity contribution in [3.8, 4) is 0 Å². The molecule has 0 radical (unpaired) electrons. The van der Waals surface area contributed by atoms with Crippen LogP contribution in [0.2, 0.25) is 0 Å². The Hall–Kier alpha value is -2.09. The molecule has 2 aromatic rings. The number of aryl methyl sites for hydroxylation is 1. The zero-order valence-electron chi connectivity index (χ0n) is 13.9. The number of nitrogens with one attached hydrogen (secondary N) is 2. The SMILES string of the molecule is CN=C(NCc1ncnn1C)NC1CCN(c2ccccc2Br)C1. The van der Waals surface area contributed by atoms with Crippen LogP contribution in [-0.2, 0) is 13.6 Å². The number of benzene rings is 1. The predicted molar refractivity (Wildman–Crippen MR) is 99.1 cm³/mol. The summed E-state index contributed by atoms with van der Waals surface area (Å²) in [4.78, 5) is 10.9. The zero-order chi connectivity index (χ0) is 16.9. The van der Waals surface area contributed by atoms with Gasteiger partial charge in [0.2, 0.25) is 0 Å². The molecule has 3 rings (SSSR count). The van der Waals surface area contributed by atoms with E-state index in [9.17, 15) is 0 Å². The fraction of sp³-hybridized carbons (Fsp3) is 0.438. The molecule has 8 heteroatoms. The number of aliphatic imine (C=N–C) groups is 1. The van der Waals surface area contributed by atoms with Gasteiger partial charge >= 0.3 is 0 Å². The minimum Gasteiger partial charge on any atom is -0.368 e. The molecule has 1 aromatic carbocycles. The Morgan fingerprint density at radius 3 is 2.96 bits per heavy atom. The quantitative estimate of drug-likeness (QED) is 0.610. The topological polar surface area (TPSA) is 70.4 Å². The maximum Gasteiger partial charge on any atom is 0.191 e. The Labute approximate surface area is 150 Å². The van der Waals surface area contributed by atoms with Gasteiger partial charge < -0.3 is 15.5 Å². The average molecular weight is 392 g/mol. The first-order valence-corrected chi connectivity index (χ1v) is 8.76. The summed E-state index contributed by atoms with van der Waals surface area (Å²) < 4.78 is 2.89. The van der Waals surface area contributed by atoms with Crippen molar-refractivity contribution in [3.05, 3.63) is 40.9 Å². The number of anilines is 1. The first kappa shape index (κ1) is 16.8. The molecule has 0 amide bonds. The summed E-state index contributed by atoms with van der Waals surface area (Å²) in [5.41, 5.74) is 1.24. The largest absolute Gasteiger partial charge is 0.368 e. The predicted octanol–water partition coefficient (Wildman–Crippen LogP) is 1.52. The highest BCUT2D eigenvalue weighted by molar-refractivity contribution is 9.10. The lowest BCUT2D eigenvalue weighted by Crippen LogP contribution is -2.44. The normalized spacial score (nSPS) is 18.0. The molecule has 1 aliphatic rings. The Morgan fingerprint density at radius 2 is 2.25 bits per heavy atom. The molecule has 1 fully saturated rings. The Balaban J connectivity index is 1.54. The van der Waals surface area contributed by atoms with E-state index in [0.29, 0.717) is 12.6 Å². The van der Waals surface area contributed by atoms with Crippen LogP contribution in [0.1, 0.15) is 12.2 Å². The summed E-state index contributed by atoms with van der Waals surface area (Å²) >= 11 is 3.63. The van der Waals surface area contributed by atoms with E-state index in [1.54, 1.807) is 18.1 Å². The van der Waals surface area contributed by atoms with Crippen molar-refractivity contribution in [1.82, 2.24) is 25.4 Å². The summed E-state index contributed by atoms with van der Waals surface area (Å²) in [7, 11) is 3.67. The lowest BCUT2D eigenvalue weighted by molar-refractivity contribution is 0.632. The van der Waals surface area contributed by atoms with E-state index in [-0.39, 0.29) is 0 Å². The highest BCUT2D eigenvalue weighted by Gasteiger charge is 2.24. The highest BCUT2D eigenvalue weighted by atomic mass is 79.9. The number of halogens is 1. The molecule has 1 aromatic heterocycles. The van der Waals surface area contributed by atoms with Crippen molar-refractivity contribution in [2.45, 2.75) is 19.0 Å². The molecule has 7 nitrogen and oxygen atoms in total. The molecule has 0 aliphatic carbocycles. The second kappa shape index (κ2) is 7.65. The van der Waals surface area contributed by atoms with Crippen molar-refractivity contribution >= 4 is 27.6 Å². The summed E-state index contributed by atoms with van der Waals surface area (Å²) in [6.45, 7) is 2.57. The number of nitrogens with zero attached hydrogens (tertiary/aromatic N) is 5. The molecular weight excluding hydrogens is 370 g/mol. The van der Waals surface area contributed by atoms with Crippen LogP contribution in [0.15, 0.2) is 40.1 Å². The minimum absolute atomic E-state index is 0.364. The number of guanidine groups is 1. The smallest absolute Gasteiger partial charge is 0.191 e. The molecule has 2 heterocycles. The second-order valence-corrected chi connectivity index (χ2v) is 6.61. The fourth-order valence-corrected chi connectivity index (χ4v) is 3.37. The van der Waals surface area contributed by atoms with E-state index >= 15 is 0 Å². The summed E-state index contributed by atoms with van der Waals surface area (Å²) in [6, 6.07) is 8.70. The third kappa shape index (κ3) is 3.87. The molecule has 1 unspecified atom stereocenters. The summed E-state index contributed by atoms with van der Waals surface area (Å²) in [6.07, 6.45) is 2.63. The van der Waals surface area contributed by atoms with Crippen LogP contribution in [0.25, 0.3) is 0 Å². The molecule has 1 saturated heterocycles. The van der Waals surface area contributed by atoms with Crippen molar-refractivity contribution in [1.29, 1.82) is 0 Å². The zero-order valence-corrected chi connectivity index (χ0v) is 15.5. The van der Waals surface area contributed by atoms with Crippen LogP contribution in [0.4, 0.5) is 5.69 Å². The van der Waals surface area contributed by atoms with Crippen LogP contribution in [0.5, 0.6) is 0 Å².